The lowest BCUT2D eigenvalue weighted by Crippen LogP contribution is -2.13. The summed E-state index contributed by atoms with van der Waals surface area (Å²) in [6.07, 6.45) is 1.50. The van der Waals surface area contributed by atoms with Crippen molar-refractivity contribution in [2.45, 2.75) is 5.75 Å². The Labute approximate surface area is 62.8 Å². The van der Waals surface area contributed by atoms with Crippen LogP contribution < -0.4 is 5.14 Å². The summed E-state index contributed by atoms with van der Waals surface area (Å²) in [7, 11) is -3.38. The van der Waals surface area contributed by atoms with Crippen LogP contribution in [0, 0.1) is 0 Å². The second-order valence-corrected chi connectivity index (χ2v) is 4.36. The van der Waals surface area contributed by atoms with Gasteiger partial charge in [-0.15, -0.1) is 11.3 Å². The van der Waals surface area contributed by atoms with Crippen molar-refractivity contribution in [3.05, 3.63) is 16.6 Å². The summed E-state index contributed by atoms with van der Waals surface area (Å²) in [5.41, 5.74) is 1.57. The van der Waals surface area contributed by atoms with E-state index >= 15 is 0 Å². The molecule has 0 atom stereocenters. The van der Waals surface area contributed by atoms with E-state index in [4.69, 9.17) is 5.14 Å². The van der Waals surface area contributed by atoms with Crippen LogP contribution >= 0.6 is 11.3 Å². The molecular weight excluding hydrogens is 172 g/mol. The van der Waals surface area contributed by atoms with Gasteiger partial charge in [-0.25, -0.2) is 13.6 Å². The fourth-order valence-electron chi connectivity index (χ4n) is 0.512. The molecule has 0 aliphatic carbocycles. The summed E-state index contributed by atoms with van der Waals surface area (Å²) in [4.78, 5) is 4.37. The van der Waals surface area contributed by atoms with Crippen LogP contribution in [0.25, 0.3) is 0 Å². The number of primary sulfonamides is 1. The Morgan fingerprint density at radius 1 is 1.70 bits per heavy atom. The summed E-state index contributed by atoms with van der Waals surface area (Å²) in [6.45, 7) is 0. The maximum absolute atomic E-state index is 10.5. The van der Waals surface area contributed by atoms with Crippen molar-refractivity contribution in [1.82, 2.24) is 4.98 Å². The Balaban J connectivity index is 2.75. The van der Waals surface area contributed by atoms with Crippen molar-refractivity contribution in [2.24, 2.45) is 5.14 Å². The number of hydrogen-bond acceptors (Lipinski definition) is 4. The molecule has 0 fully saturated rings. The lowest BCUT2D eigenvalue weighted by Gasteiger charge is -1.90. The van der Waals surface area contributed by atoms with Crippen LogP contribution in [-0.2, 0) is 15.8 Å². The largest absolute Gasteiger partial charge is 0.253 e. The number of nitrogens with two attached hydrogens (primary N) is 1. The first-order chi connectivity index (χ1) is 4.58. The first kappa shape index (κ1) is 7.64. The zero-order chi connectivity index (χ0) is 7.61. The van der Waals surface area contributed by atoms with Crippen molar-refractivity contribution in [3.8, 4) is 0 Å². The molecule has 0 saturated carbocycles. The zero-order valence-electron chi connectivity index (χ0n) is 5.02. The molecule has 0 saturated heterocycles. The Hall–Kier alpha value is -0.460. The third-order valence-electron chi connectivity index (χ3n) is 0.827. The molecule has 1 aromatic heterocycles. The zero-order valence-corrected chi connectivity index (χ0v) is 6.65. The van der Waals surface area contributed by atoms with E-state index < -0.39 is 10.0 Å². The van der Waals surface area contributed by atoms with Crippen LogP contribution in [-0.4, -0.2) is 13.4 Å². The number of hydrogen-bond donors (Lipinski definition) is 1. The molecule has 10 heavy (non-hydrogen) atoms. The van der Waals surface area contributed by atoms with E-state index in [9.17, 15) is 8.42 Å². The SMILES string of the molecule is NS(=O)(=O)Cc1cncs1. The van der Waals surface area contributed by atoms with Gasteiger partial charge in [-0.3, -0.25) is 4.98 Å². The lowest BCUT2D eigenvalue weighted by molar-refractivity contribution is 0.597. The van der Waals surface area contributed by atoms with Crippen LogP contribution in [0.4, 0.5) is 0 Å². The van der Waals surface area contributed by atoms with Crippen molar-refractivity contribution in [3.63, 3.8) is 0 Å². The molecule has 6 heteroatoms. The van der Waals surface area contributed by atoms with Gasteiger partial charge >= 0.3 is 0 Å². The van der Waals surface area contributed by atoms with Crippen LogP contribution in [0.2, 0.25) is 0 Å². The molecule has 4 nitrogen and oxygen atoms in total. The van der Waals surface area contributed by atoms with Gasteiger partial charge in [-0.1, -0.05) is 0 Å². The molecule has 1 rings (SSSR count). The standard InChI is InChI=1S/C4H6N2O2S2/c5-10(7,8)2-4-1-6-3-9-4/h1,3H,2H2,(H2,5,7,8). The van der Waals surface area contributed by atoms with Gasteiger partial charge in [0.25, 0.3) is 0 Å². The van der Waals surface area contributed by atoms with E-state index in [0.717, 1.165) is 0 Å². The summed E-state index contributed by atoms with van der Waals surface area (Å²) in [5.74, 6) is -0.113. The van der Waals surface area contributed by atoms with Gasteiger partial charge in [0.05, 0.1) is 11.3 Å². The van der Waals surface area contributed by atoms with Gasteiger partial charge in [0.2, 0.25) is 10.0 Å². The molecule has 1 heterocycles. The molecule has 0 aliphatic heterocycles. The van der Waals surface area contributed by atoms with Gasteiger partial charge in [-0.2, -0.15) is 0 Å². The number of aromatic nitrogens is 1. The van der Waals surface area contributed by atoms with Gasteiger partial charge < -0.3 is 0 Å². The first-order valence-electron chi connectivity index (χ1n) is 2.46. The molecule has 0 bridgehead atoms. The van der Waals surface area contributed by atoms with Crippen molar-refractivity contribution < 1.29 is 8.42 Å². The predicted octanol–water partition coefficient (Wildman–Crippen LogP) is -0.0684. The topological polar surface area (TPSA) is 73.1 Å². The van der Waals surface area contributed by atoms with Crippen LogP contribution in [0.15, 0.2) is 11.7 Å². The smallest absolute Gasteiger partial charge is 0.214 e. The highest BCUT2D eigenvalue weighted by Gasteiger charge is 2.04. The van der Waals surface area contributed by atoms with Gasteiger partial charge in [0, 0.05) is 11.1 Å². The lowest BCUT2D eigenvalue weighted by atomic mass is 10.6. The predicted molar refractivity (Wildman–Crippen MR) is 38.9 cm³/mol. The number of rotatable bonds is 2. The fourth-order valence-corrected chi connectivity index (χ4v) is 2.13. The summed E-state index contributed by atoms with van der Waals surface area (Å²) >= 11 is 1.28. The average Bonchev–Trinajstić information content (AvgIpc) is 2.12. The number of thiazole rings is 1. The fraction of sp³-hybridized carbons (Fsp3) is 0.250. The first-order valence-corrected chi connectivity index (χ1v) is 5.05. The maximum Gasteiger partial charge on any atom is 0.214 e. The summed E-state index contributed by atoms with van der Waals surface area (Å²) in [6, 6.07) is 0. The van der Waals surface area contributed by atoms with Gasteiger partial charge in [-0.05, 0) is 0 Å². The quantitative estimate of drug-likeness (QED) is 0.689. The van der Waals surface area contributed by atoms with E-state index in [1.165, 1.54) is 17.5 Å². The molecule has 0 radical (unpaired) electrons. The molecule has 0 spiro atoms. The highest BCUT2D eigenvalue weighted by Crippen LogP contribution is 2.07. The maximum atomic E-state index is 10.5. The molecule has 0 amide bonds. The Kier molecular flexibility index (Phi) is 2.02. The Morgan fingerprint density at radius 2 is 2.40 bits per heavy atom. The van der Waals surface area contributed by atoms with Crippen molar-refractivity contribution >= 4 is 21.4 Å². The molecule has 0 unspecified atom stereocenters. The molecule has 2 N–H and O–H groups in total. The highest BCUT2D eigenvalue weighted by molar-refractivity contribution is 7.88. The molecule has 0 aromatic carbocycles. The molecular formula is C4H6N2O2S2. The van der Waals surface area contributed by atoms with Crippen molar-refractivity contribution in [2.75, 3.05) is 0 Å². The summed E-state index contributed by atoms with van der Waals surface area (Å²) in [5, 5.41) is 4.78. The Morgan fingerprint density at radius 3 is 2.80 bits per heavy atom. The molecule has 0 aliphatic rings. The minimum Gasteiger partial charge on any atom is -0.253 e. The average molecular weight is 178 g/mol. The van der Waals surface area contributed by atoms with Crippen LogP contribution in [0.3, 0.4) is 0 Å². The minimum atomic E-state index is -3.38. The third-order valence-corrected chi connectivity index (χ3v) is 2.50. The van der Waals surface area contributed by atoms with Gasteiger partial charge in [0.15, 0.2) is 0 Å². The second-order valence-electron chi connectivity index (χ2n) is 1.77. The number of nitrogens with zero attached hydrogens (tertiary/aromatic N) is 1. The molecule has 1 aromatic rings. The van der Waals surface area contributed by atoms with E-state index in [1.807, 2.05) is 0 Å². The van der Waals surface area contributed by atoms with E-state index in [1.54, 1.807) is 5.51 Å². The number of sulfonamides is 1. The highest BCUT2D eigenvalue weighted by atomic mass is 32.2. The summed E-state index contributed by atoms with van der Waals surface area (Å²) < 4.78 is 20.9. The molecule has 56 valence electrons. The van der Waals surface area contributed by atoms with E-state index in [2.05, 4.69) is 4.98 Å². The van der Waals surface area contributed by atoms with Crippen LogP contribution in [0.1, 0.15) is 4.88 Å². The third kappa shape index (κ3) is 2.42. The monoisotopic (exact) mass is 178 g/mol. The van der Waals surface area contributed by atoms with Crippen molar-refractivity contribution in [1.29, 1.82) is 0 Å². The Bertz CT molecular complexity index is 289. The minimum absolute atomic E-state index is 0.113. The normalized spacial score (nSPS) is 11.7. The van der Waals surface area contributed by atoms with Gasteiger partial charge in [0.1, 0.15) is 0 Å². The van der Waals surface area contributed by atoms with E-state index in [0.29, 0.717) is 4.88 Å². The van der Waals surface area contributed by atoms with Crippen LogP contribution in [0.5, 0.6) is 0 Å². The second kappa shape index (κ2) is 2.65. The van der Waals surface area contributed by atoms with E-state index in [-0.39, 0.29) is 5.75 Å².